The summed E-state index contributed by atoms with van der Waals surface area (Å²) in [6.07, 6.45) is 1.86. The molecule has 0 saturated carbocycles. The van der Waals surface area contributed by atoms with Gasteiger partial charge in [-0.05, 0) is 71.6 Å². The fraction of sp³-hybridized carbons (Fsp3) is 0.103. The molecule has 5 aromatic carbocycles. The lowest BCUT2D eigenvalue weighted by Gasteiger charge is -2.34. The molecule has 0 fully saturated rings. The van der Waals surface area contributed by atoms with E-state index in [0.717, 1.165) is 22.5 Å². The molecule has 7 aromatic rings. The number of rotatable bonds is 4. The molecule has 0 amide bonds. The summed E-state index contributed by atoms with van der Waals surface area (Å²) < 4.78 is 2.45. The van der Waals surface area contributed by atoms with Gasteiger partial charge >= 0.3 is 0 Å². The van der Waals surface area contributed by atoms with Gasteiger partial charge in [0.05, 0.1) is 16.7 Å². The van der Waals surface area contributed by atoms with Crippen LogP contribution in [-0.2, 0) is 5.41 Å². The third-order valence-corrected chi connectivity index (χ3v) is 8.70. The Kier molecular flexibility index (Phi) is 5.30. The van der Waals surface area contributed by atoms with Crippen LogP contribution < -0.4 is 4.90 Å². The highest BCUT2D eigenvalue weighted by Gasteiger charge is 2.34. The summed E-state index contributed by atoms with van der Waals surface area (Å²) in [5.74, 6) is 0.713. The van der Waals surface area contributed by atoms with Crippen molar-refractivity contribution < 1.29 is 0 Å². The van der Waals surface area contributed by atoms with E-state index in [2.05, 4.69) is 145 Å². The van der Waals surface area contributed by atoms with Gasteiger partial charge in [0, 0.05) is 39.3 Å². The number of fused-ring (bicyclic) bond motifs is 5. The Morgan fingerprint density at radius 3 is 2.24 bits per heavy atom. The Morgan fingerprint density at radius 1 is 0.667 bits per heavy atom. The molecule has 0 saturated heterocycles. The molecule has 0 N–H and O–H groups in total. The van der Waals surface area contributed by atoms with E-state index in [1.165, 1.54) is 44.2 Å². The number of aryl methyl sites for hydroxylation is 1. The number of para-hydroxylation sites is 2. The van der Waals surface area contributed by atoms with Crippen molar-refractivity contribution in [1.29, 1.82) is 0 Å². The van der Waals surface area contributed by atoms with Crippen molar-refractivity contribution >= 4 is 39.0 Å². The van der Waals surface area contributed by atoms with Crippen molar-refractivity contribution in [3.63, 3.8) is 0 Å². The van der Waals surface area contributed by atoms with Gasteiger partial charge < -0.3 is 4.57 Å². The second-order valence-electron chi connectivity index (χ2n) is 11.6. The van der Waals surface area contributed by atoms with Gasteiger partial charge in [-0.2, -0.15) is 0 Å². The Hall–Kier alpha value is -5.33. The van der Waals surface area contributed by atoms with E-state index < -0.39 is 0 Å². The van der Waals surface area contributed by atoms with Gasteiger partial charge in [0.25, 0.3) is 0 Å². The predicted octanol–water partition coefficient (Wildman–Crippen LogP) is 9.86. The van der Waals surface area contributed by atoms with E-state index in [1.54, 1.807) is 0 Å². The summed E-state index contributed by atoms with van der Waals surface area (Å²) in [5, 5.41) is 2.48. The minimum Gasteiger partial charge on any atom is -0.309 e. The smallest absolute Gasteiger partial charge is 0.190 e. The van der Waals surface area contributed by atoms with Gasteiger partial charge in [0.2, 0.25) is 0 Å². The lowest BCUT2D eigenvalue weighted by atomic mass is 9.75. The molecule has 2 aromatic heterocycles. The van der Waals surface area contributed by atoms with Crippen molar-refractivity contribution in [3.8, 4) is 16.8 Å². The number of nitrogens with zero attached hydrogens (tertiary/aromatic N) is 3. The number of hydrogen-bond donors (Lipinski definition) is 0. The fourth-order valence-electron chi connectivity index (χ4n) is 6.63. The molecular formula is C39H29N3. The van der Waals surface area contributed by atoms with E-state index in [4.69, 9.17) is 4.98 Å². The highest BCUT2D eigenvalue weighted by molar-refractivity contribution is 6.12. The van der Waals surface area contributed by atoms with Crippen molar-refractivity contribution in [2.45, 2.75) is 26.2 Å². The van der Waals surface area contributed by atoms with Crippen LogP contribution in [0.25, 0.3) is 38.6 Å². The molecule has 3 heterocycles. The fourth-order valence-corrected chi connectivity index (χ4v) is 6.63. The average molecular weight is 540 g/mol. The Labute approximate surface area is 246 Å². The quantitative estimate of drug-likeness (QED) is 0.222. The molecule has 8 rings (SSSR count). The summed E-state index contributed by atoms with van der Waals surface area (Å²) in [6.45, 7) is 6.67. The maximum Gasteiger partial charge on any atom is 0.190 e. The normalized spacial score (nSPS) is 13.1. The van der Waals surface area contributed by atoms with Crippen molar-refractivity contribution in [2.75, 3.05) is 4.90 Å². The number of aromatic nitrogens is 2. The van der Waals surface area contributed by atoms with Gasteiger partial charge in [0.15, 0.2) is 5.82 Å². The lowest BCUT2D eigenvalue weighted by molar-refractivity contribution is 0.630. The number of hydrogen-bond acceptors (Lipinski definition) is 2. The summed E-state index contributed by atoms with van der Waals surface area (Å²) in [5.41, 5.74) is 11.7. The molecule has 3 heteroatoms. The first-order valence-corrected chi connectivity index (χ1v) is 14.4. The van der Waals surface area contributed by atoms with Crippen molar-refractivity contribution in [2.24, 2.45) is 0 Å². The third kappa shape index (κ3) is 3.59. The van der Waals surface area contributed by atoms with Crippen LogP contribution >= 0.6 is 0 Å². The molecular weight excluding hydrogens is 510 g/mol. The molecule has 0 bridgehead atoms. The standard InChI is InChI=1S/C39H29N3/c1-26-19-22-37(40-25-26)41(29-14-9-13-28(23-29)27-11-5-4-6-12-27)30-20-21-35-32(24-30)31-15-10-17-34-38(31)42(35)36-18-8-7-16-33(36)39(34,2)3/h4-18,20-21,23-25H,1-3H3. The Morgan fingerprint density at radius 2 is 1.40 bits per heavy atom. The van der Waals surface area contributed by atoms with Crippen LogP contribution in [0.5, 0.6) is 0 Å². The maximum atomic E-state index is 4.80. The van der Waals surface area contributed by atoms with Gasteiger partial charge in [-0.1, -0.05) is 98.8 Å². The van der Waals surface area contributed by atoms with Crippen LogP contribution in [0.1, 0.15) is 30.5 Å². The summed E-state index contributed by atoms with van der Waals surface area (Å²) in [7, 11) is 0. The Bertz CT molecular complexity index is 2120. The zero-order valence-corrected chi connectivity index (χ0v) is 23.9. The molecule has 42 heavy (non-hydrogen) atoms. The van der Waals surface area contributed by atoms with E-state index in [9.17, 15) is 0 Å². The topological polar surface area (TPSA) is 21.1 Å². The van der Waals surface area contributed by atoms with E-state index in [0.29, 0.717) is 5.82 Å². The Balaban J connectivity index is 1.38. The monoisotopic (exact) mass is 539 g/mol. The molecule has 0 radical (unpaired) electrons. The van der Waals surface area contributed by atoms with E-state index in [1.807, 2.05) is 19.2 Å². The van der Waals surface area contributed by atoms with Gasteiger partial charge in [-0.3, -0.25) is 4.90 Å². The predicted molar refractivity (Wildman–Crippen MR) is 173 cm³/mol. The minimum atomic E-state index is -0.0934. The van der Waals surface area contributed by atoms with E-state index in [-0.39, 0.29) is 5.41 Å². The SMILES string of the molecule is Cc1c#cc(N(c2cccc(-c3ccccc3)c2)c2ccc3c(c2)c2cccc4c2n3-c2ccccc2C4(C)C)nc1. The summed E-state index contributed by atoms with van der Waals surface area (Å²) in [4.78, 5) is 6.99. The molecule has 0 unspecified atom stereocenters. The molecule has 1 aliphatic heterocycles. The van der Waals surface area contributed by atoms with Crippen molar-refractivity contribution in [1.82, 2.24) is 9.55 Å². The van der Waals surface area contributed by atoms with Crippen LogP contribution in [-0.4, -0.2) is 9.55 Å². The molecule has 1 aliphatic rings. The second-order valence-corrected chi connectivity index (χ2v) is 11.6. The zero-order valence-electron chi connectivity index (χ0n) is 23.9. The van der Waals surface area contributed by atoms with Gasteiger partial charge in [-0.25, -0.2) is 4.98 Å². The largest absolute Gasteiger partial charge is 0.309 e. The second kappa shape index (κ2) is 9.09. The van der Waals surface area contributed by atoms with Crippen LogP contribution in [0.15, 0.2) is 121 Å². The molecule has 3 nitrogen and oxygen atoms in total. The first kappa shape index (κ1) is 24.5. The lowest BCUT2D eigenvalue weighted by Crippen LogP contribution is -2.26. The van der Waals surface area contributed by atoms with E-state index >= 15 is 0 Å². The third-order valence-electron chi connectivity index (χ3n) is 8.70. The average Bonchev–Trinajstić information content (AvgIpc) is 3.36. The highest BCUT2D eigenvalue weighted by atomic mass is 15.2. The molecule has 200 valence electrons. The minimum absolute atomic E-state index is 0.0934. The van der Waals surface area contributed by atoms with Crippen LogP contribution in [0.2, 0.25) is 0 Å². The number of anilines is 3. The van der Waals surface area contributed by atoms with Crippen LogP contribution in [0.4, 0.5) is 17.2 Å². The van der Waals surface area contributed by atoms with Crippen LogP contribution in [0.3, 0.4) is 0 Å². The zero-order chi connectivity index (χ0) is 28.4. The van der Waals surface area contributed by atoms with Crippen molar-refractivity contribution in [3.05, 3.63) is 150 Å². The highest BCUT2D eigenvalue weighted by Crippen LogP contribution is 2.48. The molecule has 0 atom stereocenters. The maximum absolute atomic E-state index is 4.80. The first-order chi connectivity index (χ1) is 20.5. The van der Waals surface area contributed by atoms with Gasteiger partial charge in [0.1, 0.15) is 0 Å². The van der Waals surface area contributed by atoms with Gasteiger partial charge in [-0.15, -0.1) is 0 Å². The summed E-state index contributed by atoms with van der Waals surface area (Å²) >= 11 is 0. The van der Waals surface area contributed by atoms with Crippen LogP contribution in [0, 0.1) is 19.1 Å². The first-order valence-electron chi connectivity index (χ1n) is 14.4. The summed E-state index contributed by atoms with van der Waals surface area (Å²) in [6, 6.07) is 48.0. The molecule has 0 aliphatic carbocycles. The number of benzene rings is 5. The molecule has 0 spiro atoms.